The van der Waals surface area contributed by atoms with Crippen molar-refractivity contribution < 1.29 is 4.79 Å². The fraction of sp³-hybridized carbons (Fsp3) is 0.200. The summed E-state index contributed by atoms with van der Waals surface area (Å²) in [5, 5.41) is 12.2. The first-order valence-electron chi connectivity index (χ1n) is 8.51. The van der Waals surface area contributed by atoms with Gasteiger partial charge in [-0.15, -0.1) is 0 Å². The summed E-state index contributed by atoms with van der Waals surface area (Å²) in [6.45, 7) is 0.386. The Morgan fingerprint density at radius 3 is 2.39 bits per heavy atom. The van der Waals surface area contributed by atoms with Crippen LogP contribution in [0.1, 0.15) is 17.9 Å². The molecule has 0 spiro atoms. The van der Waals surface area contributed by atoms with Crippen LogP contribution in [0.25, 0.3) is 0 Å². The van der Waals surface area contributed by atoms with Crippen molar-refractivity contribution in [3.05, 3.63) is 73.7 Å². The molecule has 1 unspecified atom stereocenters. The molecule has 8 heteroatoms. The zero-order valence-electron chi connectivity index (χ0n) is 14.5. The number of amides is 1. The summed E-state index contributed by atoms with van der Waals surface area (Å²) in [6, 6.07) is 15.0. The molecule has 2 aliphatic heterocycles. The third-order valence-electron chi connectivity index (χ3n) is 4.83. The van der Waals surface area contributed by atoms with Crippen LogP contribution in [-0.2, 0) is 4.79 Å². The number of benzene rings is 2. The van der Waals surface area contributed by atoms with Gasteiger partial charge in [0.05, 0.1) is 29.2 Å². The van der Waals surface area contributed by atoms with Crippen LogP contribution >= 0.6 is 46.6 Å². The molecular formula is C20H14Cl3N3OS. The summed E-state index contributed by atoms with van der Waals surface area (Å²) in [6.07, 6.45) is 0.158. The summed E-state index contributed by atoms with van der Waals surface area (Å²) in [4.78, 5) is 16.7. The van der Waals surface area contributed by atoms with E-state index in [0.717, 1.165) is 5.69 Å². The molecule has 0 saturated carbocycles. The number of halogens is 3. The number of nitriles is 1. The molecule has 1 saturated heterocycles. The van der Waals surface area contributed by atoms with Crippen LogP contribution in [0.15, 0.2) is 53.1 Å². The van der Waals surface area contributed by atoms with Gasteiger partial charge in [-0.3, -0.25) is 9.69 Å². The number of anilines is 1. The maximum absolute atomic E-state index is 13.0. The smallest absolute Gasteiger partial charge is 0.229 e. The fourth-order valence-electron chi connectivity index (χ4n) is 3.47. The highest BCUT2D eigenvalue weighted by Gasteiger charge is 2.39. The van der Waals surface area contributed by atoms with Gasteiger partial charge in [-0.05, 0) is 42.0 Å². The van der Waals surface area contributed by atoms with Gasteiger partial charge in [0, 0.05) is 33.1 Å². The van der Waals surface area contributed by atoms with Crippen molar-refractivity contribution in [2.45, 2.75) is 12.3 Å². The summed E-state index contributed by atoms with van der Waals surface area (Å²) < 4.78 is 0. The number of hydrogen-bond donors (Lipinski definition) is 0. The van der Waals surface area contributed by atoms with Gasteiger partial charge in [-0.2, -0.15) is 5.26 Å². The molecule has 0 aromatic heterocycles. The molecule has 0 bridgehead atoms. The number of allylic oxidation sites excluding steroid dienone is 1. The number of carbonyl (C=O) groups excluding carboxylic acids is 1. The molecule has 0 radical (unpaired) electrons. The van der Waals surface area contributed by atoms with Gasteiger partial charge in [0.1, 0.15) is 0 Å². The highest BCUT2D eigenvalue weighted by Crippen LogP contribution is 2.46. The van der Waals surface area contributed by atoms with E-state index in [1.165, 1.54) is 11.8 Å². The van der Waals surface area contributed by atoms with Crippen molar-refractivity contribution in [2.75, 3.05) is 17.4 Å². The third kappa shape index (κ3) is 3.46. The van der Waals surface area contributed by atoms with Gasteiger partial charge < -0.3 is 4.90 Å². The molecular weight excluding hydrogens is 437 g/mol. The van der Waals surface area contributed by atoms with E-state index in [0.29, 0.717) is 43.8 Å². The minimum Gasteiger partial charge on any atom is -0.344 e. The van der Waals surface area contributed by atoms with Crippen molar-refractivity contribution in [3.8, 4) is 6.07 Å². The van der Waals surface area contributed by atoms with Crippen LogP contribution in [0, 0.1) is 11.3 Å². The number of fused-ring (bicyclic) bond motifs is 1. The molecule has 1 atom stereocenters. The second-order valence-corrected chi connectivity index (χ2v) is 8.66. The predicted octanol–water partition coefficient (Wildman–Crippen LogP) is 5.87. The Balaban J connectivity index is 1.70. The Morgan fingerprint density at radius 1 is 1.07 bits per heavy atom. The lowest BCUT2D eigenvalue weighted by Crippen LogP contribution is -2.47. The van der Waals surface area contributed by atoms with Crippen molar-refractivity contribution >= 4 is 58.2 Å². The zero-order chi connectivity index (χ0) is 19.8. The van der Waals surface area contributed by atoms with Gasteiger partial charge in [0.15, 0.2) is 0 Å². The third-order valence-corrected chi connectivity index (χ3v) is 6.90. The molecule has 4 rings (SSSR count). The standard InChI is InChI=1S/C20H14Cl3N3OS/c21-12-4-6-13(7-5-12)25-10-26-18(27)8-14(15(9-24)20(26)28-11-25)19-16(22)2-1-3-17(19)23/h1-7,14H,8,10-11H2. The Hall–Kier alpha value is -1.84. The second-order valence-electron chi connectivity index (χ2n) is 6.48. The number of thioether (sulfide) groups is 1. The summed E-state index contributed by atoms with van der Waals surface area (Å²) >= 11 is 20.2. The Bertz CT molecular complexity index is 996. The first-order valence-corrected chi connectivity index (χ1v) is 10.6. The fourth-order valence-corrected chi connectivity index (χ4v) is 5.42. The molecule has 2 aromatic rings. The molecule has 1 fully saturated rings. The molecule has 2 aliphatic rings. The highest BCUT2D eigenvalue weighted by atomic mass is 35.5. The largest absolute Gasteiger partial charge is 0.344 e. The predicted molar refractivity (Wildman–Crippen MR) is 115 cm³/mol. The van der Waals surface area contributed by atoms with Crippen molar-refractivity contribution in [3.63, 3.8) is 0 Å². The van der Waals surface area contributed by atoms with Gasteiger partial charge in [-0.25, -0.2) is 0 Å². The van der Waals surface area contributed by atoms with Gasteiger partial charge in [-0.1, -0.05) is 52.6 Å². The molecule has 1 amide bonds. The normalized spacial score (nSPS) is 19.5. The Morgan fingerprint density at radius 2 is 1.75 bits per heavy atom. The first-order chi connectivity index (χ1) is 13.5. The SMILES string of the molecule is N#CC1=C2SCN(c3ccc(Cl)cc3)CN2C(=O)CC1c1c(Cl)cccc1Cl. The molecule has 2 aromatic carbocycles. The summed E-state index contributed by atoms with van der Waals surface area (Å²) in [5.41, 5.74) is 2.15. The summed E-state index contributed by atoms with van der Waals surface area (Å²) in [7, 11) is 0. The highest BCUT2D eigenvalue weighted by molar-refractivity contribution is 8.03. The van der Waals surface area contributed by atoms with E-state index >= 15 is 0 Å². The van der Waals surface area contributed by atoms with E-state index < -0.39 is 5.92 Å². The van der Waals surface area contributed by atoms with E-state index in [-0.39, 0.29) is 12.3 Å². The van der Waals surface area contributed by atoms with E-state index in [4.69, 9.17) is 34.8 Å². The number of carbonyl (C=O) groups is 1. The quantitative estimate of drug-likeness (QED) is 0.574. The maximum atomic E-state index is 13.0. The van der Waals surface area contributed by atoms with Crippen LogP contribution in [0.2, 0.25) is 15.1 Å². The minimum absolute atomic E-state index is 0.0545. The van der Waals surface area contributed by atoms with Crippen LogP contribution in [0.3, 0.4) is 0 Å². The lowest BCUT2D eigenvalue weighted by molar-refractivity contribution is -0.129. The molecule has 2 heterocycles. The van der Waals surface area contributed by atoms with Crippen molar-refractivity contribution in [2.24, 2.45) is 0 Å². The summed E-state index contributed by atoms with van der Waals surface area (Å²) in [5.74, 6) is 0.134. The molecule has 142 valence electrons. The average molecular weight is 451 g/mol. The monoisotopic (exact) mass is 449 g/mol. The lowest BCUT2D eigenvalue weighted by Gasteiger charge is -2.42. The van der Waals surface area contributed by atoms with Crippen molar-refractivity contribution in [1.82, 2.24) is 4.90 Å². The van der Waals surface area contributed by atoms with E-state index in [1.807, 2.05) is 24.3 Å². The number of nitrogens with zero attached hydrogens (tertiary/aromatic N) is 3. The van der Waals surface area contributed by atoms with Crippen LogP contribution in [0.4, 0.5) is 5.69 Å². The zero-order valence-corrected chi connectivity index (χ0v) is 17.6. The van der Waals surface area contributed by atoms with E-state index in [1.54, 1.807) is 23.1 Å². The minimum atomic E-state index is -0.431. The number of hydrogen-bond acceptors (Lipinski definition) is 4. The van der Waals surface area contributed by atoms with Crippen LogP contribution in [0.5, 0.6) is 0 Å². The second kappa shape index (κ2) is 7.88. The van der Waals surface area contributed by atoms with Gasteiger partial charge in [0.25, 0.3) is 0 Å². The van der Waals surface area contributed by atoms with E-state index in [9.17, 15) is 10.1 Å². The molecule has 28 heavy (non-hydrogen) atoms. The van der Waals surface area contributed by atoms with E-state index in [2.05, 4.69) is 11.0 Å². The Kier molecular flexibility index (Phi) is 5.48. The van der Waals surface area contributed by atoms with Crippen LogP contribution in [-0.4, -0.2) is 23.4 Å². The molecule has 0 N–H and O–H groups in total. The van der Waals surface area contributed by atoms with Gasteiger partial charge in [0.2, 0.25) is 5.91 Å². The van der Waals surface area contributed by atoms with Crippen molar-refractivity contribution in [1.29, 1.82) is 5.26 Å². The maximum Gasteiger partial charge on any atom is 0.229 e. The first kappa shape index (κ1) is 19.5. The van der Waals surface area contributed by atoms with Crippen LogP contribution < -0.4 is 4.90 Å². The molecule has 4 nitrogen and oxygen atoms in total. The Labute approximate surface area is 182 Å². The average Bonchev–Trinajstić information content (AvgIpc) is 2.68. The number of rotatable bonds is 2. The molecule has 0 aliphatic carbocycles. The lowest BCUT2D eigenvalue weighted by atomic mass is 9.86. The topological polar surface area (TPSA) is 47.3 Å². The van der Waals surface area contributed by atoms with Gasteiger partial charge >= 0.3 is 0 Å².